The van der Waals surface area contributed by atoms with E-state index >= 15 is 0 Å². The lowest BCUT2D eigenvalue weighted by Gasteiger charge is -2.18. The van der Waals surface area contributed by atoms with E-state index < -0.39 is 0 Å². The normalized spacial score (nSPS) is 22.6. The molecule has 19 heavy (non-hydrogen) atoms. The van der Waals surface area contributed by atoms with E-state index in [9.17, 15) is 0 Å². The minimum Gasteiger partial charge on any atom is -0.0856 e. The molecule has 0 unspecified atom stereocenters. The van der Waals surface area contributed by atoms with Gasteiger partial charge in [-0.15, -0.1) is 0 Å². The van der Waals surface area contributed by atoms with E-state index in [4.69, 9.17) is 6.57 Å². The SMILES string of the molecule is C#[N+]CC1(C)C=CC2=C(C=CC(C)(CC)C=C2)C=C1. The second-order valence-corrected chi connectivity index (χ2v) is 5.95. The third-order valence-corrected chi connectivity index (χ3v) is 4.10. The number of allylic oxidation sites excluding steroid dienone is 8. The largest absolute Gasteiger partial charge is 0.275 e. The van der Waals surface area contributed by atoms with Gasteiger partial charge in [0.1, 0.15) is 0 Å². The summed E-state index contributed by atoms with van der Waals surface area (Å²) in [5, 5.41) is 0. The summed E-state index contributed by atoms with van der Waals surface area (Å²) in [6, 6.07) is 0. The average molecular weight is 252 g/mol. The van der Waals surface area contributed by atoms with Crippen LogP contribution in [-0.4, -0.2) is 6.54 Å². The molecule has 2 rings (SSSR count). The third kappa shape index (κ3) is 2.96. The molecule has 0 bridgehead atoms. The van der Waals surface area contributed by atoms with Crippen molar-refractivity contribution < 1.29 is 0 Å². The highest BCUT2D eigenvalue weighted by molar-refractivity contribution is 5.52. The minimum absolute atomic E-state index is 0.0866. The first-order valence-electron chi connectivity index (χ1n) is 6.88. The Labute approximate surface area is 116 Å². The van der Waals surface area contributed by atoms with Crippen molar-refractivity contribution in [3.63, 3.8) is 0 Å². The number of rotatable bonds is 2. The fraction of sp³-hybridized carbons (Fsp3) is 0.389. The van der Waals surface area contributed by atoms with Gasteiger partial charge in [-0.1, -0.05) is 67.3 Å². The molecule has 0 saturated carbocycles. The molecule has 0 aliphatic heterocycles. The Morgan fingerprint density at radius 2 is 1.32 bits per heavy atom. The van der Waals surface area contributed by atoms with Crippen LogP contribution in [-0.2, 0) is 0 Å². The maximum atomic E-state index is 5.34. The van der Waals surface area contributed by atoms with Crippen LogP contribution in [0.25, 0.3) is 4.85 Å². The summed E-state index contributed by atoms with van der Waals surface area (Å²) in [7, 11) is 0. The van der Waals surface area contributed by atoms with Crippen LogP contribution in [0.4, 0.5) is 0 Å². The summed E-state index contributed by atoms with van der Waals surface area (Å²) in [6.07, 6.45) is 18.9. The highest BCUT2D eigenvalue weighted by Gasteiger charge is 2.25. The van der Waals surface area contributed by atoms with Gasteiger partial charge in [-0.2, -0.15) is 0 Å². The Morgan fingerprint density at radius 1 is 0.895 bits per heavy atom. The lowest BCUT2D eigenvalue weighted by Crippen LogP contribution is -2.12. The van der Waals surface area contributed by atoms with Crippen LogP contribution in [0.5, 0.6) is 0 Å². The van der Waals surface area contributed by atoms with E-state index in [1.165, 1.54) is 11.1 Å². The van der Waals surface area contributed by atoms with Crippen LogP contribution >= 0.6 is 0 Å². The Hall–Kier alpha value is -1.81. The van der Waals surface area contributed by atoms with Crippen molar-refractivity contribution in [2.75, 3.05) is 6.54 Å². The zero-order valence-corrected chi connectivity index (χ0v) is 12.1. The summed E-state index contributed by atoms with van der Waals surface area (Å²) in [4.78, 5) is 3.79. The molecule has 0 heterocycles. The Bertz CT molecular complexity index is 513. The van der Waals surface area contributed by atoms with Gasteiger partial charge < -0.3 is 0 Å². The van der Waals surface area contributed by atoms with E-state index in [0.717, 1.165) is 6.42 Å². The average Bonchev–Trinajstić information content (AvgIpc) is 2.64. The molecular formula is C18H22N+. The molecule has 0 saturated heterocycles. The molecule has 1 nitrogen and oxygen atoms in total. The topological polar surface area (TPSA) is 4.36 Å². The Morgan fingerprint density at radius 3 is 1.68 bits per heavy atom. The number of hydrogen-bond acceptors (Lipinski definition) is 0. The summed E-state index contributed by atoms with van der Waals surface area (Å²) < 4.78 is 0. The predicted molar refractivity (Wildman–Crippen MR) is 83.3 cm³/mol. The highest BCUT2D eigenvalue weighted by atomic mass is 14.7. The quantitative estimate of drug-likeness (QED) is 0.657. The fourth-order valence-electron chi connectivity index (χ4n) is 2.27. The maximum Gasteiger partial charge on any atom is 0.275 e. The molecule has 0 aromatic rings. The summed E-state index contributed by atoms with van der Waals surface area (Å²) in [6.45, 7) is 12.6. The van der Waals surface area contributed by atoms with E-state index in [1.54, 1.807) is 0 Å². The Kier molecular flexibility index (Phi) is 3.62. The van der Waals surface area contributed by atoms with Gasteiger partial charge in [-0.25, -0.2) is 0 Å². The number of hydrogen-bond donors (Lipinski definition) is 0. The van der Waals surface area contributed by atoms with Gasteiger partial charge in [0.05, 0.1) is 5.41 Å². The van der Waals surface area contributed by atoms with Gasteiger partial charge in [-0.3, -0.25) is 0 Å². The monoisotopic (exact) mass is 252 g/mol. The molecule has 2 aliphatic carbocycles. The van der Waals surface area contributed by atoms with E-state index in [-0.39, 0.29) is 10.8 Å². The van der Waals surface area contributed by atoms with Gasteiger partial charge >= 0.3 is 0 Å². The molecular weight excluding hydrogens is 230 g/mol. The molecule has 98 valence electrons. The molecule has 0 N–H and O–H groups in total. The third-order valence-electron chi connectivity index (χ3n) is 4.10. The second-order valence-electron chi connectivity index (χ2n) is 5.95. The van der Waals surface area contributed by atoms with E-state index in [2.05, 4.69) is 74.2 Å². The first-order chi connectivity index (χ1) is 9.00. The molecule has 0 aromatic heterocycles. The standard InChI is InChI=1S/C18H22N/c1-5-17(2)10-6-15-8-12-18(3,14-19-4)13-9-16(15)7-11-17/h4,6-13H,5,14H2,1-3H3/q+1. The maximum absolute atomic E-state index is 5.34. The molecule has 0 spiro atoms. The Balaban J connectivity index is 2.35. The van der Waals surface area contributed by atoms with Gasteiger partial charge in [0.15, 0.2) is 0 Å². The van der Waals surface area contributed by atoms with Crippen molar-refractivity contribution in [3.8, 4) is 6.57 Å². The van der Waals surface area contributed by atoms with Gasteiger partial charge in [-0.05, 0) is 24.5 Å². The minimum atomic E-state index is -0.0866. The summed E-state index contributed by atoms with van der Waals surface area (Å²) >= 11 is 0. The van der Waals surface area contributed by atoms with Gasteiger partial charge in [0.2, 0.25) is 0 Å². The smallest absolute Gasteiger partial charge is 0.0856 e. The van der Waals surface area contributed by atoms with Crippen molar-refractivity contribution in [3.05, 3.63) is 64.6 Å². The van der Waals surface area contributed by atoms with Crippen molar-refractivity contribution in [2.24, 2.45) is 10.8 Å². The molecule has 0 atom stereocenters. The van der Waals surface area contributed by atoms with Crippen molar-refractivity contribution in [2.45, 2.75) is 27.2 Å². The second kappa shape index (κ2) is 5.05. The van der Waals surface area contributed by atoms with Crippen LogP contribution in [0.2, 0.25) is 0 Å². The van der Waals surface area contributed by atoms with Crippen LogP contribution in [0.15, 0.2) is 59.8 Å². The van der Waals surface area contributed by atoms with E-state index in [1.807, 2.05) is 0 Å². The highest BCUT2D eigenvalue weighted by Crippen LogP contribution is 2.33. The lowest BCUT2D eigenvalue weighted by molar-refractivity contribution is 0.531. The zero-order valence-electron chi connectivity index (χ0n) is 12.1. The molecule has 0 fully saturated rings. The van der Waals surface area contributed by atoms with Gasteiger partial charge in [0.25, 0.3) is 13.1 Å². The first kappa shape index (κ1) is 13.6. The lowest BCUT2D eigenvalue weighted by atomic mass is 9.86. The molecule has 0 amide bonds. The predicted octanol–water partition coefficient (Wildman–Crippen LogP) is 4.92. The molecule has 0 radical (unpaired) electrons. The molecule has 1 heteroatoms. The first-order valence-corrected chi connectivity index (χ1v) is 6.88. The van der Waals surface area contributed by atoms with Crippen LogP contribution in [0, 0.1) is 17.4 Å². The number of nitrogens with zero attached hydrogens (tertiary/aromatic N) is 1. The van der Waals surface area contributed by atoms with Gasteiger partial charge in [0, 0.05) is 5.41 Å². The zero-order chi connectivity index (χ0) is 13.9. The summed E-state index contributed by atoms with van der Waals surface area (Å²) in [5.74, 6) is 0. The van der Waals surface area contributed by atoms with Crippen LogP contribution in [0.1, 0.15) is 27.2 Å². The van der Waals surface area contributed by atoms with Crippen LogP contribution in [0.3, 0.4) is 0 Å². The van der Waals surface area contributed by atoms with Crippen molar-refractivity contribution in [1.82, 2.24) is 0 Å². The van der Waals surface area contributed by atoms with E-state index in [0.29, 0.717) is 6.54 Å². The molecule has 0 aromatic carbocycles. The summed E-state index contributed by atoms with van der Waals surface area (Å²) in [5.41, 5.74) is 2.58. The molecule has 2 aliphatic rings. The van der Waals surface area contributed by atoms with Crippen molar-refractivity contribution in [1.29, 1.82) is 0 Å². The van der Waals surface area contributed by atoms with Crippen molar-refractivity contribution >= 4 is 0 Å². The fourth-order valence-corrected chi connectivity index (χ4v) is 2.27. The van der Waals surface area contributed by atoms with Crippen LogP contribution < -0.4 is 0 Å².